The molecule has 0 atom stereocenters. The zero-order valence-corrected chi connectivity index (χ0v) is 41.0. The van der Waals surface area contributed by atoms with Gasteiger partial charge in [-0.25, -0.2) is 4.98 Å². The van der Waals surface area contributed by atoms with Gasteiger partial charge in [-0.3, -0.25) is 28.3 Å². The van der Waals surface area contributed by atoms with Gasteiger partial charge in [0.05, 0.1) is 16.3 Å². The third-order valence-corrected chi connectivity index (χ3v) is 15.3. The molecule has 0 spiro atoms. The number of H-pyrrole nitrogens is 1. The molecule has 0 saturated heterocycles. The van der Waals surface area contributed by atoms with Crippen LogP contribution in [0.4, 0.5) is 0 Å². The maximum atomic E-state index is 15.2. The first-order chi connectivity index (χ1) is 32.2. The molecule has 0 amide bonds. The van der Waals surface area contributed by atoms with E-state index in [1.54, 1.807) is 9.13 Å². The number of fused-ring (bicyclic) bond motifs is 1. The van der Waals surface area contributed by atoms with E-state index in [0.717, 1.165) is 171 Å². The molecule has 0 saturated carbocycles. The Kier molecular flexibility index (Phi) is 13.9. The minimum atomic E-state index is -0.257. The highest BCUT2D eigenvalue weighted by Crippen LogP contribution is 2.47. The van der Waals surface area contributed by atoms with E-state index in [-0.39, 0.29) is 34.3 Å². The van der Waals surface area contributed by atoms with E-state index in [0.29, 0.717) is 49.2 Å². The fourth-order valence-electron chi connectivity index (χ4n) is 11.4. The molecule has 3 aromatic heterocycles. The van der Waals surface area contributed by atoms with Crippen molar-refractivity contribution in [3.8, 4) is 11.4 Å². The SMILES string of the molecule is CCCCCCC(CCCCCC)n1c(=O)c2ccc3c4ccc5c(=O)n(C(CCCCCC)CCCCCC)c(=O)c6cc7[nH]c(-c8ccc(Br)cc8)nc8cc(c1=O)c2c3c8c7c4c56. The summed E-state index contributed by atoms with van der Waals surface area (Å²) < 4.78 is 4.13. The molecule has 9 heteroatoms. The molecule has 8 nitrogen and oxygen atoms in total. The highest BCUT2D eigenvalue weighted by Gasteiger charge is 2.29. The van der Waals surface area contributed by atoms with Crippen LogP contribution in [0.15, 0.2) is 84.3 Å². The Hall–Kier alpha value is -5.15. The van der Waals surface area contributed by atoms with Gasteiger partial charge in [0, 0.05) is 70.7 Å². The lowest BCUT2D eigenvalue weighted by molar-refractivity contribution is 0.384. The summed E-state index contributed by atoms with van der Waals surface area (Å²) in [5.74, 6) is 0.583. The van der Waals surface area contributed by atoms with Crippen LogP contribution >= 0.6 is 15.9 Å². The lowest BCUT2D eigenvalue weighted by atomic mass is 9.85. The lowest BCUT2D eigenvalue weighted by Gasteiger charge is -2.23. The van der Waals surface area contributed by atoms with Crippen LogP contribution in [0.3, 0.4) is 0 Å². The summed E-state index contributed by atoms with van der Waals surface area (Å²) in [4.78, 5) is 69.5. The summed E-state index contributed by atoms with van der Waals surface area (Å²) in [6, 6.07) is 19.3. The highest BCUT2D eigenvalue weighted by molar-refractivity contribution is 9.10. The molecule has 1 N–H and O–H groups in total. The van der Waals surface area contributed by atoms with Gasteiger partial charge < -0.3 is 4.98 Å². The third-order valence-electron chi connectivity index (χ3n) is 14.8. The van der Waals surface area contributed by atoms with Gasteiger partial charge in [-0.1, -0.05) is 171 Å². The second kappa shape index (κ2) is 20.0. The van der Waals surface area contributed by atoms with Crippen molar-refractivity contribution in [2.75, 3.05) is 0 Å². The third kappa shape index (κ3) is 8.21. The predicted octanol–water partition coefficient (Wildman–Crippen LogP) is 15.2. The van der Waals surface area contributed by atoms with Crippen LogP contribution in [0.1, 0.15) is 168 Å². The molecule has 0 bridgehead atoms. The van der Waals surface area contributed by atoms with Crippen molar-refractivity contribution in [1.29, 1.82) is 0 Å². The van der Waals surface area contributed by atoms with Gasteiger partial charge in [0.25, 0.3) is 22.2 Å². The molecule has 66 heavy (non-hydrogen) atoms. The van der Waals surface area contributed by atoms with Gasteiger partial charge in [0.2, 0.25) is 0 Å². The Balaban J connectivity index is 1.36. The van der Waals surface area contributed by atoms with E-state index in [9.17, 15) is 9.59 Å². The van der Waals surface area contributed by atoms with Gasteiger partial charge in [-0.05, 0) is 72.9 Å². The molecule has 0 aliphatic heterocycles. The molecule has 0 aliphatic rings. The van der Waals surface area contributed by atoms with E-state index in [2.05, 4.69) is 48.6 Å². The van der Waals surface area contributed by atoms with Crippen molar-refractivity contribution in [2.45, 2.75) is 168 Å². The van der Waals surface area contributed by atoms with Crippen molar-refractivity contribution in [2.24, 2.45) is 0 Å². The van der Waals surface area contributed by atoms with Gasteiger partial charge in [-0.15, -0.1) is 0 Å². The number of pyridine rings is 2. The minimum absolute atomic E-state index is 0.188. The molecular weight excluding hydrogens is 885 g/mol. The summed E-state index contributed by atoms with van der Waals surface area (Å²) in [5, 5.41) is 8.45. The number of rotatable bonds is 23. The van der Waals surface area contributed by atoms with Crippen LogP contribution in [0.25, 0.3) is 87.1 Å². The maximum Gasteiger partial charge on any atom is 0.261 e. The number of halogens is 1. The van der Waals surface area contributed by atoms with E-state index < -0.39 is 0 Å². The second-order valence-corrected chi connectivity index (χ2v) is 20.2. The molecule has 0 unspecified atom stereocenters. The van der Waals surface area contributed by atoms with Crippen LogP contribution in [-0.4, -0.2) is 19.1 Å². The van der Waals surface area contributed by atoms with Gasteiger partial charge in [-0.2, -0.15) is 0 Å². The van der Waals surface area contributed by atoms with Crippen molar-refractivity contribution < 1.29 is 0 Å². The molecule has 0 aliphatic carbocycles. The van der Waals surface area contributed by atoms with Crippen LogP contribution in [0.5, 0.6) is 0 Å². The molecule has 0 fully saturated rings. The molecular formula is C57H65BrN4O4. The largest absolute Gasteiger partial charge is 0.339 e. The van der Waals surface area contributed by atoms with Crippen LogP contribution in [0.2, 0.25) is 0 Å². The van der Waals surface area contributed by atoms with Crippen molar-refractivity contribution >= 4 is 91.6 Å². The average Bonchev–Trinajstić information content (AvgIpc) is 3.49. The average molecular weight is 950 g/mol. The molecule has 6 aromatic carbocycles. The number of hydrogen-bond donors (Lipinski definition) is 1. The van der Waals surface area contributed by atoms with E-state index in [4.69, 9.17) is 4.98 Å². The van der Waals surface area contributed by atoms with E-state index >= 15 is 9.59 Å². The minimum Gasteiger partial charge on any atom is -0.339 e. The summed E-state index contributed by atoms with van der Waals surface area (Å²) in [7, 11) is 0. The first kappa shape index (κ1) is 46.0. The Morgan fingerprint density at radius 3 is 1.32 bits per heavy atom. The molecule has 3 heterocycles. The van der Waals surface area contributed by atoms with Crippen LogP contribution in [0, 0.1) is 0 Å². The number of unbranched alkanes of at least 4 members (excludes halogenated alkanes) is 12. The first-order valence-electron chi connectivity index (χ1n) is 25.4. The highest BCUT2D eigenvalue weighted by atomic mass is 79.9. The summed E-state index contributed by atoms with van der Waals surface area (Å²) >= 11 is 3.61. The number of hydrogen-bond acceptors (Lipinski definition) is 5. The van der Waals surface area contributed by atoms with Gasteiger partial charge in [0.15, 0.2) is 0 Å². The number of aromatic amines is 1. The Morgan fingerprint density at radius 1 is 0.455 bits per heavy atom. The fraction of sp³-hybridized carbons (Fsp3) is 0.456. The number of nitrogens with one attached hydrogen (secondary N) is 1. The lowest BCUT2D eigenvalue weighted by Crippen LogP contribution is -2.37. The zero-order valence-electron chi connectivity index (χ0n) is 39.4. The fourth-order valence-corrected chi connectivity index (χ4v) is 11.6. The van der Waals surface area contributed by atoms with E-state index in [1.807, 2.05) is 60.7 Å². The van der Waals surface area contributed by atoms with Crippen molar-refractivity contribution in [1.82, 2.24) is 19.1 Å². The number of benzene rings is 6. The molecule has 9 aromatic rings. The van der Waals surface area contributed by atoms with Crippen LogP contribution in [-0.2, 0) is 0 Å². The maximum absolute atomic E-state index is 15.2. The van der Waals surface area contributed by atoms with Crippen LogP contribution < -0.4 is 22.2 Å². The quantitative estimate of drug-likeness (QED) is 0.0390. The standard InChI is InChI=1S/C57H65BrN4O4/c1-5-9-13-17-21-37(22-18-14-10-6-2)61-54(63)41-31-29-39-40-30-32-42-48-44(57(66)62(55(42)64)38(23-19-15-11-7-3)24-20-16-12-8-4)34-46-52(50(40)48)51-45(33-43(56(61)65)47(41)49(39)51)59-53(60-46)35-25-27-36(58)28-26-35/h25-34,37-38H,5-24H2,1-4H3,(H,59,60). The predicted molar refractivity (Wildman–Crippen MR) is 282 cm³/mol. The zero-order chi connectivity index (χ0) is 46.1. The van der Waals surface area contributed by atoms with Crippen molar-refractivity contribution in [3.63, 3.8) is 0 Å². The smallest absolute Gasteiger partial charge is 0.261 e. The summed E-state index contributed by atoms with van der Waals surface area (Å²) in [6.07, 6.45) is 20.4. The van der Waals surface area contributed by atoms with E-state index in [1.165, 1.54) is 0 Å². The summed E-state index contributed by atoms with van der Waals surface area (Å²) in [5.41, 5.74) is 1.21. The Morgan fingerprint density at radius 2 is 0.864 bits per heavy atom. The Bertz CT molecular complexity index is 3160. The van der Waals surface area contributed by atoms with Gasteiger partial charge in [0.1, 0.15) is 5.82 Å². The molecule has 344 valence electrons. The van der Waals surface area contributed by atoms with Gasteiger partial charge >= 0.3 is 0 Å². The Labute approximate surface area is 395 Å². The first-order valence-corrected chi connectivity index (χ1v) is 26.2. The monoisotopic (exact) mass is 948 g/mol. The second-order valence-electron chi connectivity index (χ2n) is 19.2. The topological polar surface area (TPSA) is 107 Å². The van der Waals surface area contributed by atoms with Crippen molar-refractivity contribution in [3.05, 3.63) is 107 Å². The number of nitrogens with zero attached hydrogens (tertiary/aromatic N) is 3. The number of aromatic nitrogens is 4. The normalized spacial score (nSPS) is 12.5. The summed E-state index contributed by atoms with van der Waals surface area (Å²) in [6.45, 7) is 8.81. The molecule has 9 rings (SSSR count). The molecule has 0 radical (unpaired) electrons.